The molecule has 0 aromatic carbocycles. The predicted molar refractivity (Wildman–Crippen MR) is 42.0 cm³/mol. The van der Waals surface area contributed by atoms with Crippen molar-refractivity contribution in [3.05, 3.63) is 24.3 Å². The zero-order valence-electron chi connectivity index (χ0n) is 6.36. The largest absolute Gasteiger partial charge is 0.303 e. The van der Waals surface area contributed by atoms with Crippen molar-refractivity contribution in [3.8, 4) is 0 Å². The Kier molecular flexibility index (Phi) is 2.03. The van der Waals surface area contributed by atoms with E-state index in [9.17, 15) is 9.59 Å². The maximum Gasteiger partial charge on any atom is 0.130 e. The van der Waals surface area contributed by atoms with Crippen LogP contribution in [0.4, 0.5) is 0 Å². The SMILES string of the molecule is CC1(C=O)C=CC=CC1C=O. The molecule has 0 amide bonds. The Hall–Kier alpha value is -1.18. The van der Waals surface area contributed by atoms with Gasteiger partial charge in [0, 0.05) is 5.92 Å². The highest BCUT2D eigenvalue weighted by Crippen LogP contribution is 2.29. The molecule has 2 heteroatoms. The van der Waals surface area contributed by atoms with E-state index in [1.54, 1.807) is 31.2 Å². The molecule has 0 radical (unpaired) electrons. The monoisotopic (exact) mass is 150 g/mol. The predicted octanol–water partition coefficient (Wildman–Crippen LogP) is 1.13. The first-order chi connectivity index (χ1) is 5.23. The summed E-state index contributed by atoms with van der Waals surface area (Å²) in [5.41, 5.74) is -0.628. The molecule has 0 aromatic heterocycles. The van der Waals surface area contributed by atoms with Crippen LogP contribution in [0.15, 0.2) is 24.3 Å². The summed E-state index contributed by atoms with van der Waals surface area (Å²) in [5, 5.41) is 0. The van der Waals surface area contributed by atoms with Crippen LogP contribution in [0, 0.1) is 11.3 Å². The lowest BCUT2D eigenvalue weighted by atomic mass is 9.76. The summed E-state index contributed by atoms with van der Waals surface area (Å²) in [6, 6.07) is 0. The van der Waals surface area contributed by atoms with E-state index in [-0.39, 0.29) is 5.92 Å². The highest BCUT2D eigenvalue weighted by Gasteiger charge is 2.30. The van der Waals surface area contributed by atoms with Crippen molar-refractivity contribution in [3.63, 3.8) is 0 Å². The van der Waals surface area contributed by atoms with Gasteiger partial charge < -0.3 is 9.59 Å². The van der Waals surface area contributed by atoms with Gasteiger partial charge in [0.1, 0.15) is 12.6 Å². The first kappa shape index (κ1) is 7.92. The number of hydrogen-bond donors (Lipinski definition) is 0. The summed E-state index contributed by atoms with van der Waals surface area (Å²) < 4.78 is 0. The van der Waals surface area contributed by atoms with E-state index in [0.29, 0.717) is 0 Å². The Morgan fingerprint density at radius 3 is 2.55 bits per heavy atom. The number of carbonyl (C=O) groups is 2. The van der Waals surface area contributed by atoms with Gasteiger partial charge >= 0.3 is 0 Å². The smallest absolute Gasteiger partial charge is 0.130 e. The molecule has 11 heavy (non-hydrogen) atoms. The van der Waals surface area contributed by atoms with Crippen LogP contribution < -0.4 is 0 Å². The van der Waals surface area contributed by atoms with Crippen molar-refractivity contribution < 1.29 is 9.59 Å². The van der Waals surface area contributed by atoms with Crippen molar-refractivity contribution in [2.75, 3.05) is 0 Å². The summed E-state index contributed by atoms with van der Waals surface area (Å²) >= 11 is 0. The average molecular weight is 150 g/mol. The normalized spacial score (nSPS) is 35.2. The lowest BCUT2D eigenvalue weighted by Gasteiger charge is -2.24. The highest BCUT2D eigenvalue weighted by atomic mass is 16.1. The van der Waals surface area contributed by atoms with Crippen molar-refractivity contribution >= 4 is 12.6 Å². The Bertz CT molecular complexity index is 228. The Labute approximate surface area is 65.6 Å². The standard InChI is InChI=1S/C9H10O2/c1-9(7-11)5-3-2-4-8(9)6-10/h2-8H,1H3. The number of rotatable bonds is 2. The molecule has 2 unspecified atom stereocenters. The van der Waals surface area contributed by atoms with Crippen molar-refractivity contribution in [2.24, 2.45) is 11.3 Å². The topological polar surface area (TPSA) is 34.1 Å². The first-order valence-electron chi connectivity index (χ1n) is 3.50. The van der Waals surface area contributed by atoms with Crippen molar-refractivity contribution in [1.29, 1.82) is 0 Å². The summed E-state index contributed by atoms with van der Waals surface area (Å²) in [4.78, 5) is 21.1. The Balaban J connectivity index is 2.94. The summed E-state index contributed by atoms with van der Waals surface area (Å²) in [5.74, 6) is -0.301. The zero-order valence-corrected chi connectivity index (χ0v) is 6.36. The van der Waals surface area contributed by atoms with Gasteiger partial charge in [-0.2, -0.15) is 0 Å². The first-order valence-corrected chi connectivity index (χ1v) is 3.50. The van der Waals surface area contributed by atoms with Gasteiger partial charge in [-0.05, 0) is 6.92 Å². The third kappa shape index (κ3) is 1.29. The fourth-order valence-electron chi connectivity index (χ4n) is 1.08. The van der Waals surface area contributed by atoms with Crippen molar-refractivity contribution in [2.45, 2.75) is 6.92 Å². The van der Waals surface area contributed by atoms with Crippen molar-refractivity contribution in [1.82, 2.24) is 0 Å². The maximum absolute atomic E-state index is 10.6. The number of hydrogen-bond acceptors (Lipinski definition) is 2. The fourth-order valence-corrected chi connectivity index (χ4v) is 1.08. The van der Waals surface area contributed by atoms with Gasteiger partial charge in [-0.3, -0.25) is 0 Å². The van der Waals surface area contributed by atoms with Crippen LogP contribution in [-0.4, -0.2) is 12.6 Å². The second kappa shape index (κ2) is 2.82. The third-order valence-corrected chi connectivity index (χ3v) is 2.00. The average Bonchev–Trinajstić information content (AvgIpc) is 2.05. The molecule has 0 bridgehead atoms. The number of allylic oxidation sites excluding steroid dienone is 4. The Morgan fingerprint density at radius 2 is 2.09 bits per heavy atom. The molecule has 1 aliphatic carbocycles. The van der Waals surface area contributed by atoms with Gasteiger partial charge in [-0.15, -0.1) is 0 Å². The molecule has 0 aromatic rings. The lowest BCUT2D eigenvalue weighted by Crippen LogP contribution is -2.27. The van der Waals surface area contributed by atoms with Crippen LogP contribution in [0.3, 0.4) is 0 Å². The molecular formula is C9H10O2. The van der Waals surface area contributed by atoms with E-state index in [4.69, 9.17) is 0 Å². The van der Waals surface area contributed by atoms with E-state index >= 15 is 0 Å². The molecule has 2 nitrogen and oxygen atoms in total. The van der Waals surface area contributed by atoms with Gasteiger partial charge in [0.25, 0.3) is 0 Å². The molecule has 1 rings (SSSR count). The number of carbonyl (C=O) groups excluding carboxylic acids is 2. The summed E-state index contributed by atoms with van der Waals surface area (Å²) in [6.07, 6.45) is 8.67. The van der Waals surface area contributed by atoms with Crippen LogP contribution in [0.1, 0.15) is 6.92 Å². The second-order valence-corrected chi connectivity index (χ2v) is 2.89. The molecule has 2 atom stereocenters. The molecule has 0 heterocycles. The van der Waals surface area contributed by atoms with Crippen LogP contribution in [-0.2, 0) is 9.59 Å². The lowest BCUT2D eigenvalue weighted by molar-refractivity contribution is -0.120. The minimum atomic E-state index is -0.628. The third-order valence-electron chi connectivity index (χ3n) is 2.00. The van der Waals surface area contributed by atoms with Gasteiger partial charge in [-0.25, -0.2) is 0 Å². The molecule has 0 fully saturated rings. The van der Waals surface area contributed by atoms with Gasteiger partial charge in [0.05, 0.1) is 5.41 Å². The van der Waals surface area contributed by atoms with E-state index in [2.05, 4.69) is 0 Å². The van der Waals surface area contributed by atoms with Crippen LogP contribution in [0.2, 0.25) is 0 Å². The van der Waals surface area contributed by atoms with Gasteiger partial charge in [0.15, 0.2) is 0 Å². The molecule has 0 saturated heterocycles. The maximum atomic E-state index is 10.6. The second-order valence-electron chi connectivity index (χ2n) is 2.89. The minimum Gasteiger partial charge on any atom is -0.303 e. The molecule has 0 saturated carbocycles. The molecule has 0 N–H and O–H groups in total. The summed E-state index contributed by atoms with van der Waals surface area (Å²) in [7, 11) is 0. The summed E-state index contributed by atoms with van der Waals surface area (Å²) in [6.45, 7) is 1.75. The van der Waals surface area contributed by atoms with Crippen LogP contribution in [0.25, 0.3) is 0 Å². The molecular weight excluding hydrogens is 140 g/mol. The van der Waals surface area contributed by atoms with E-state index < -0.39 is 5.41 Å². The molecule has 0 spiro atoms. The van der Waals surface area contributed by atoms with Gasteiger partial charge in [0.2, 0.25) is 0 Å². The van der Waals surface area contributed by atoms with E-state index in [1.165, 1.54) is 0 Å². The van der Waals surface area contributed by atoms with Crippen LogP contribution in [0.5, 0.6) is 0 Å². The van der Waals surface area contributed by atoms with Crippen LogP contribution >= 0.6 is 0 Å². The molecule has 1 aliphatic rings. The van der Waals surface area contributed by atoms with E-state index in [0.717, 1.165) is 12.6 Å². The molecule has 58 valence electrons. The number of aldehydes is 2. The highest BCUT2D eigenvalue weighted by molar-refractivity contribution is 5.73. The van der Waals surface area contributed by atoms with E-state index in [1.807, 2.05) is 0 Å². The zero-order chi connectivity index (χ0) is 8.32. The Morgan fingerprint density at radius 1 is 1.36 bits per heavy atom. The van der Waals surface area contributed by atoms with Gasteiger partial charge in [-0.1, -0.05) is 24.3 Å². The minimum absolute atomic E-state index is 0.301. The quantitative estimate of drug-likeness (QED) is 0.553. The fraction of sp³-hybridized carbons (Fsp3) is 0.333. The molecule has 0 aliphatic heterocycles.